The molecular formula is C24H42IN5O3. The first-order valence-electron chi connectivity index (χ1n) is 11.8. The Kier molecular flexibility index (Phi) is 11.8. The fourth-order valence-corrected chi connectivity index (χ4v) is 4.67. The van der Waals surface area contributed by atoms with E-state index in [9.17, 15) is 0 Å². The summed E-state index contributed by atoms with van der Waals surface area (Å²) < 4.78 is 16.5. The van der Waals surface area contributed by atoms with Crippen molar-refractivity contribution in [2.75, 3.05) is 80.7 Å². The molecule has 0 aromatic heterocycles. The molecule has 8 nitrogen and oxygen atoms in total. The zero-order valence-corrected chi connectivity index (χ0v) is 23.3. The molecule has 2 aliphatic heterocycles. The minimum Gasteiger partial charge on any atom is -0.493 e. The van der Waals surface area contributed by atoms with Gasteiger partial charge in [0.1, 0.15) is 0 Å². The molecule has 1 aromatic rings. The molecule has 0 saturated carbocycles. The Morgan fingerprint density at radius 2 is 1.70 bits per heavy atom. The molecule has 0 bridgehead atoms. The average Bonchev–Trinajstić information content (AvgIpc) is 2.81. The third-order valence-electron chi connectivity index (χ3n) is 6.36. The number of guanidine groups is 1. The number of methoxy groups -OCH3 is 3. The van der Waals surface area contributed by atoms with Crippen LogP contribution in [0.1, 0.15) is 25.3 Å². The molecule has 1 aromatic carbocycles. The Bertz CT molecular complexity index is 731. The molecule has 0 spiro atoms. The number of piperidine rings is 1. The average molecular weight is 576 g/mol. The van der Waals surface area contributed by atoms with Crippen LogP contribution in [0.15, 0.2) is 17.1 Å². The number of hydrogen-bond acceptors (Lipinski definition) is 6. The van der Waals surface area contributed by atoms with Gasteiger partial charge in [-0.25, -0.2) is 0 Å². The lowest BCUT2D eigenvalue weighted by atomic mass is 9.99. The highest BCUT2D eigenvalue weighted by Crippen LogP contribution is 2.38. The van der Waals surface area contributed by atoms with Crippen molar-refractivity contribution in [3.63, 3.8) is 0 Å². The molecule has 2 heterocycles. The third-order valence-corrected chi connectivity index (χ3v) is 6.36. The number of nitrogens with zero attached hydrogens (tertiary/aromatic N) is 4. The molecule has 1 unspecified atom stereocenters. The molecule has 2 aliphatic rings. The van der Waals surface area contributed by atoms with Gasteiger partial charge in [-0.15, -0.1) is 24.0 Å². The zero-order chi connectivity index (χ0) is 22.9. The first-order valence-corrected chi connectivity index (χ1v) is 11.8. The summed E-state index contributed by atoms with van der Waals surface area (Å²) in [6.45, 7) is 11.1. The Morgan fingerprint density at radius 1 is 1.03 bits per heavy atom. The van der Waals surface area contributed by atoms with Gasteiger partial charge in [0.05, 0.1) is 21.3 Å². The Balaban J connectivity index is 0.00000385. The van der Waals surface area contributed by atoms with Crippen LogP contribution < -0.4 is 19.5 Å². The monoisotopic (exact) mass is 575 g/mol. The lowest BCUT2D eigenvalue weighted by Gasteiger charge is -2.37. The van der Waals surface area contributed by atoms with Crippen LogP contribution in [-0.2, 0) is 6.54 Å². The largest absolute Gasteiger partial charge is 0.493 e. The summed E-state index contributed by atoms with van der Waals surface area (Å²) in [6, 6.07) is 4.08. The van der Waals surface area contributed by atoms with Gasteiger partial charge in [-0.3, -0.25) is 9.89 Å². The number of piperazine rings is 1. The number of rotatable bonds is 8. The van der Waals surface area contributed by atoms with Crippen LogP contribution in [0.25, 0.3) is 0 Å². The number of likely N-dealkylation sites (tertiary alicyclic amines) is 1. The van der Waals surface area contributed by atoms with Crippen LogP contribution in [0.4, 0.5) is 0 Å². The van der Waals surface area contributed by atoms with Gasteiger partial charge < -0.3 is 29.3 Å². The first-order chi connectivity index (χ1) is 15.6. The fourth-order valence-electron chi connectivity index (χ4n) is 4.67. The molecular weight excluding hydrogens is 533 g/mol. The second-order valence-electron chi connectivity index (χ2n) is 8.76. The molecule has 0 amide bonds. The number of halogens is 1. The van der Waals surface area contributed by atoms with Crippen molar-refractivity contribution in [3.05, 3.63) is 17.7 Å². The van der Waals surface area contributed by atoms with E-state index in [-0.39, 0.29) is 24.0 Å². The number of aliphatic imine (C=N–C) groups is 1. The summed E-state index contributed by atoms with van der Waals surface area (Å²) >= 11 is 0. The van der Waals surface area contributed by atoms with Crippen molar-refractivity contribution < 1.29 is 14.2 Å². The van der Waals surface area contributed by atoms with E-state index in [2.05, 4.69) is 34.0 Å². The summed E-state index contributed by atoms with van der Waals surface area (Å²) in [4.78, 5) is 12.3. The second-order valence-corrected chi connectivity index (χ2v) is 8.76. The van der Waals surface area contributed by atoms with Gasteiger partial charge in [0.25, 0.3) is 0 Å². The predicted octanol–water partition coefficient (Wildman–Crippen LogP) is 2.76. The number of nitrogens with one attached hydrogen (secondary N) is 1. The minimum absolute atomic E-state index is 0. The summed E-state index contributed by atoms with van der Waals surface area (Å²) in [5.41, 5.74) is 1.16. The van der Waals surface area contributed by atoms with Crippen LogP contribution in [0.2, 0.25) is 0 Å². The van der Waals surface area contributed by atoms with Crippen LogP contribution in [-0.4, -0.2) is 101 Å². The molecule has 2 fully saturated rings. The van der Waals surface area contributed by atoms with Gasteiger partial charge in [-0.2, -0.15) is 0 Å². The molecule has 188 valence electrons. The van der Waals surface area contributed by atoms with E-state index in [1.807, 2.05) is 12.1 Å². The molecule has 3 rings (SSSR count). The zero-order valence-electron chi connectivity index (χ0n) is 20.9. The topological polar surface area (TPSA) is 61.8 Å². The highest BCUT2D eigenvalue weighted by molar-refractivity contribution is 14.0. The van der Waals surface area contributed by atoms with Gasteiger partial charge in [-0.05, 0) is 57.0 Å². The van der Waals surface area contributed by atoms with Gasteiger partial charge >= 0.3 is 0 Å². The van der Waals surface area contributed by atoms with Crippen molar-refractivity contribution in [2.45, 2.75) is 26.3 Å². The Hall–Kier alpha value is -1.46. The van der Waals surface area contributed by atoms with Crippen molar-refractivity contribution in [2.24, 2.45) is 10.9 Å². The van der Waals surface area contributed by atoms with Crippen LogP contribution in [0, 0.1) is 5.92 Å². The van der Waals surface area contributed by atoms with E-state index in [4.69, 9.17) is 19.2 Å². The number of benzene rings is 1. The van der Waals surface area contributed by atoms with Crippen molar-refractivity contribution in [1.82, 2.24) is 20.0 Å². The van der Waals surface area contributed by atoms with E-state index in [1.165, 1.54) is 19.4 Å². The first kappa shape index (κ1) is 27.8. The maximum atomic E-state index is 5.51. The standard InChI is InChI=1S/C24H41N5O3.HI/c1-6-25-24(26-16-19-8-7-9-27(2)17-19)29-12-10-28(11-13-29)18-20-14-21(30-3)23(32-5)22(15-20)31-4;/h14-15,19H,6-13,16-18H2,1-5H3,(H,25,26);1H. The summed E-state index contributed by atoms with van der Waals surface area (Å²) in [6.07, 6.45) is 2.57. The van der Waals surface area contributed by atoms with Crippen molar-refractivity contribution >= 4 is 29.9 Å². The smallest absolute Gasteiger partial charge is 0.203 e. The highest BCUT2D eigenvalue weighted by Gasteiger charge is 2.22. The maximum absolute atomic E-state index is 5.51. The van der Waals surface area contributed by atoms with Gasteiger partial charge in [-0.1, -0.05) is 0 Å². The van der Waals surface area contributed by atoms with Crippen LogP contribution in [0.3, 0.4) is 0 Å². The maximum Gasteiger partial charge on any atom is 0.203 e. The van der Waals surface area contributed by atoms with Crippen LogP contribution in [0.5, 0.6) is 17.2 Å². The molecule has 2 saturated heterocycles. The summed E-state index contributed by atoms with van der Waals surface area (Å²) in [7, 11) is 7.17. The molecule has 0 radical (unpaired) electrons. The lowest BCUT2D eigenvalue weighted by molar-refractivity contribution is 0.171. The minimum atomic E-state index is 0. The number of ether oxygens (including phenoxy) is 3. The van der Waals surface area contributed by atoms with E-state index in [1.54, 1.807) is 21.3 Å². The molecule has 33 heavy (non-hydrogen) atoms. The van der Waals surface area contributed by atoms with E-state index >= 15 is 0 Å². The van der Waals surface area contributed by atoms with E-state index in [0.717, 1.165) is 63.9 Å². The summed E-state index contributed by atoms with van der Waals surface area (Å²) in [5, 5.41) is 3.51. The van der Waals surface area contributed by atoms with Gasteiger partial charge in [0.15, 0.2) is 17.5 Å². The SMILES string of the molecule is CCNC(=NCC1CCCN(C)C1)N1CCN(Cc2cc(OC)c(OC)c(OC)c2)CC1.I. The van der Waals surface area contributed by atoms with Gasteiger partial charge in [0, 0.05) is 52.4 Å². The van der Waals surface area contributed by atoms with Crippen molar-refractivity contribution in [1.29, 1.82) is 0 Å². The quantitative estimate of drug-likeness (QED) is 0.291. The van der Waals surface area contributed by atoms with Gasteiger partial charge in [0.2, 0.25) is 5.75 Å². The summed E-state index contributed by atoms with van der Waals surface area (Å²) in [5.74, 6) is 3.78. The highest BCUT2D eigenvalue weighted by atomic mass is 127. The lowest BCUT2D eigenvalue weighted by Crippen LogP contribution is -2.52. The second kappa shape index (κ2) is 14.1. The Morgan fingerprint density at radius 3 is 2.24 bits per heavy atom. The fraction of sp³-hybridized carbons (Fsp3) is 0.708. The van der Waals surface area contributed by atoms with E-state index in [0.29, 0.717) is 23.2 Å². The van der Waals surface area contributed by atoms with Crippen molar-refractivity contribution in [3.8, 4) is 17.2 Å². The normalized spacial score (nSPS) is 20.2. The Labute approximate surface area is 216 Å². The predicted molar refractivity (Wildman–Crippen MR) is 145 cm³/mol. The molecule has 1 atom stereocenters. The number of hydrogen-bond donors (Lipinski definition) is 1. The van der Waals surface area contributed by atoms with Crippen LogP contribution >= 0.6 is 24.0 Å². The molecule has 9 heteroatoms. The molecule has 1 N–H and O–H groups in total. The van der Waals surface area contributed by atoms with E-state index < -0.39 is 0 Å². The molecule has 0 aliphatic carbocycles. The third kappa shape index (κ3) is 7.78.